The lowest BCUT2D eigenvalue weighted by atomic mass is 9.92. The molecule has 0 spiro atoms. The van der Waals surface area contributed by atoms with E-state index < -0.39 is 46.2 Å². The summed E-state index contributed by atoms with van der Waals surface area (Å²) in [5, 5.41) is 12.8. The van der Waals surface area contributed by atoms with Crippen LogP contribution in [0, 0.1) is 23.0 Å². The number of benzene rings is 2. The average Bonchev–Trinajstić information content (AvgIpc) is 3.76. The molecule has 4 atom stereocenters. The van der Waals surface area contributed by atoms with Gasteiger partial charge in [0, 0.05) is 54.5 Å². The van der Waals surface area contributed by atoms with E-state index in [-0.39, 0.29) is 68.5 Å². The van der Waals surface area contributed by atoms with Gasteiger partial charge in [-0.1, -0.05) is 6.07 Å². The fourth-order valence-electron chi connectivity index (χ4n) is 8.11. The maximum absolute atomic E-state index is 17.0. The van der Waals surface area contributed by atoms with Gasteiger partial charge in [-0.2, -0.15) is 28.4 Å². The lowest BCUT2D eigenvalue weighted by Gasteiger charge is -2.35. The molecule has 2 unspecified atom stereocenters. The number of rotatable bonds is 5. The zero-order valence-electron chi connectivity index (χ0n) is 24.9. The van der Waals surface area contributed by atoms with Crippen molar-refractivity contribution in [2.24, 2.45) is 0 Å². The highest BCUT2D eigenvalue weighted by molar-refractivity contribution is 7.23. The van der Waals surface area contributed by atoms with Gasteiger partial charge in [0.1, 0.15) is 41.0 Å². The maximum atomic E-state index is 17.0. The molecule has 47 heavy (non-hydrogen) atoms. The van der Waals surface area contributed by atoms with Crippen molar-refractivity contribution in [1.29, 1.82) is 5.26 Å². The number of ether oxygens (including phenoxy) is 1. The Morgan fingerprint density at radius 2 is 1.91 bits per heavy atom. The highest BCUT2D eigenvalue weighted by Crippen LogP contribution is 2.48. The number of piperazine rings is 1. The zero-order chi connectivity index (χ0) is 32.8. The van der Waals surface area contributed by atoms with Crippen molar-refractivity contribution in [3.8, 4) is 23.2 Å². The van der Waals surface area contributed by atoms with Gasteiger partial charge in [0.25, 0.3) is 0 Å². The zero-order valence-corrected chi connectivity index (χ0v) is 25.7. The number of hydrogen-bond donors (Lipinski definition) is 2. The quantitative estimate of drug-likeness (QED) is 0.243. The summed E-state index contributed by atoms with van der Waals surface area (Å²) in [4.78, 5) is 12.8. The Balaban J connectivity index is 1.34. The molecule has 0 amide bonds. The van der Waals surface area contributed by atoms with Crippen LogP contribution in [-0.2, 0) is 6.18 Å². The minimum absolute atomic E-state index is 0.0403. The monoisotopic (exact) mass is 673 g/mol. The third-order valence-electron chi connectivity index (χ3n) is 10.1. The standard InChI is InChI=1S/C32H29F6N7OS/c33-15-9-31(6-1-7-45(31)11-15)14-46-30-42-26-19(29(43-30)44-12-16-2-3-17(13-44)41-16)8-21(32(36,37)38)24(25(26)35)18-4-5-22(34)27-23(18)20(10-39)28(40)47-27/h4-5,8,15-17,41H,1-3,6-7,9,11-14,40H2/t15-,16?,17?,31+/m1/s1. The van der Waals surface area contributed by atoms with Crippen molar-refractivity contribution in [1.82, 2.24) is 20.2 Å². The topological polar surface area (TPSA) is 103 Å². The molecule has 8 rings (SSSR count). The minimum Gasteiger partial charge on any atom is -0.461 e. The van der Waals surface area contributed by atoms with Gasteiger partial charge in [0.15, 0.2) is 5.82 Å². The van der Waals surface area contributed by atoms with Crippen molar-refractivity contribution in [3.63, 3.8) is 0 Å². The van der Waals surface area contributed by atoms with E-state index in [2.05, 4.69) is 15.3 Å². The van der Waals surface area contributed by atoms with Crippen LogP contribution in [0.15, 0.2) is 18.2 Å². The summed E-state index contributed by atoms with van der Waals surface area (Å²) < 4.78 is 96.9. The molecule has 3 N–H and O–H groups in total. The number of nitriles is 1. The van der Waals surface area contributed by atoms with Gasteiger partial charge in [-0.05, 0) is 49.9 Å². The number of alkyl halides is 4. The SMILES string of the molecule is N#Cc1c(N)sc2c(F)ccc(-c3c(C(F)(F)F)cc4c(N5CC6CCC(C5)N6)nc(OC[C@@]56CCCN5C[C@H](F)C6)nc4c3F)c12. The Kier molecular flexibility index (Phi) is 7.02. The van der Waals surface area contributed by atoms with E-state index in [1.165, 1.54) is 0 Å². The third kappa shape index (κ3) is 4.86. The van der Waals surface area contributed by atoms with Gasteiger partial charge in [0.2, 0.25) is 0 Å². The van der Waals surface area contributed by atoms with Crippen LogP contribution in [0.1, 0.15) is 43.2 Å². The highest BCUT2D eigenvalue weighted by Gasteiger charge is 2.49. The van der Waals surface area contributed by atoms with E-state index in [0.717, 1.165) is 44.0 Å². The second-order valence-corrected chi connectivity index (χ2v) is 14.0. The van der Waals surface area contributed by atoms with Crippen LogP contribution < -0.4 is 20.7 Å². The van der Waals surface area contributed by atoms with Crippen LogP contribution in [0.5, 0.6) is 6.01 Å². The van der Waals surface area contributed by atoms with E-state index in [4.69, 9.17) is 10.5 Å². The first-order valence-electron chi connectivity index (χ1n) is 15.5. The van der Waals surface area contributed by atoms with Crippen molar-refractivity contribution >= 4 is 43.1 Å². The number of nitrogens with zero attached hydrogens (tertiary/aromatic N) is 5. The number of aromatic nitrogens is 2. The van der Waals surface area contributed by atoms with Gasteiger partial charge < -0.3 is 20.7 Å². The van der Waals surface area contributed by atoms with Crippen LogP contribution in [0.3, 0.4) is 0 Å². The van der Waals surface area contributed by atoms with Gasteiger partial charge in [0.05, 0.1) is 21.4 Å². The van der Waals surface area contributed by atoms with Crippen LogP contribution in [0.2, 0.25) is 0 Å². The van der Waals surface area contributed by atoms with Crippen LogP contribution in [0.4, 0.5) is 37.2 Å². The first kappa shape index (κ1) is 30.5. The second kappa shape index (κ2) is 10.8. The molecule has 4 aliphatic heterocycles. The summed E-state index contributed by atoms with van der Waals surface area (Å²) in [5.74, 6) is -2.00. The van der Waals surface area contributed by atoms with Crippen molar-refractivity contribution in [2.75, 3.05) is 43.4 Å². The molecule has 246 valence electrons. The van der Waals surface area contributed by atoms with Crippen LogP contribution in [0.25, 0.3) is 32.1 Å². The van der Waals surface area contributed by atoms with Gasteiger partial charge in [-0.15, -0.1) is 11.3 Å². The molecule has 4 fully saturated rings. The third-order valence-corrected chi connectivity index (χ3v) is 11.2. The van der Waals surface area contributed by atoms with E-state index in [9.17, 15) is 27.2 Å². The number of nitrogens with two attached hydrogens (primary N) is 1. The van der Waals surface area contributed by atoms with Gasteiger partial charge >= 0.3 is 12.2 Å². The number of nitrogens with one attached hydrogen (secondary N) is 1. The van der Waals surface area contributed by atoms with Gasteiger partial charge in [-0.3, -0.25) is 4.90 Å². The molecular weight excluding hydrogens is 644 g/mol. The minimum atomic E-state index is -5.05. The van der Waals surface area contributed by atoms with Crippen molar-refractivity contribution in [3.05, 3.63) is 41.0 Å². The largest absolute Gasteiger partial charge is 0.461 e. The maximum Gasteiger partial charge on any atom is 0.417 e. The van der Waals surface area contributed by atoms with Crippen molar-refractivity contribution in [2.45, 2.75) is 62.1 Å². The predicted molar refractivity (Wildman–Crippen MR) is 165 cm³/mol. The van der Waals surface area contributed by atoms with E-state index >= 15 is 4.39 Å². The smallest absolute Gasteiger partial charge is 0.417 e. The molecule has 2 aromatic heterocycles. The molecule has 15 heteroatoms. The average molecular weight is 674 g/mol. The Morgan fingerprint density at radius 1 is 1.15 bits per heavy atom. The lowest BCUT2D eigenvalue weighted by Crippen LogP contribution is -2.51. The molecule has 2 aromatic carbocycles. The van der Waals surface area contributed by atoms with Crippen LogP contribution in [-0.4, -0.2) is 71.4 Å². The molecule has 4 saturated heterocycles. The van der Waals surface area contributed by atoms with E-state index in [1.807, 2.05) is 15.9 Å². The Bertz CT molecular complexity index is 1970. The molecule has 0 aliphatic carbocycles. The van der Waals surface area contributed by atoms with Gasteiger partial charge in [-0.25, -0.2) is 13.2 Å². The fourth-order valence-corrected chi connectivity index (χ4v) is 9.06. The summed E-state index contributed by atoms with van der Waals surface area (Å²) in [7, 11) is 0. The molecule has 0 radical (unpaired) electrons. The first-order valence-corrected chi connectivity index (χ1v) is 16.3. The summed E-state index contributed by atoms with van der Waals surface area (Å²) in [6, 6.07) is 4.56. The molecular formula is C32H29F6N7OS. The molecule has 4 aliphatic rings. The molecule has 4 aromatic rings. The summed E-state index contributed by atoms with van der Waals surface area (Å²) in [5.41, 5.74) is 2.21. The summed E-state index contributed by atoms with van der Waals surface area (Å²) >= 11 is 0.705. The Hall–Kier alpha value is -3.87. The predicted octanol–water partition coefficient (Wildman–Crippen LogP) is 6.16. The second-order valence-electron chi connectivity index (χ2n) is 13.0. The number of halogens is 6. The number of nitrogen functional groups attached to an aromatic ring is 1. The molecule has 8 nitrogen and oxygen atoms in total. The lowest BCUT2D eigenvalue weighted by molar-refractivity contribution is -0.137. The Labute approximate surface area is 269 Å². The normalized spacial score (nSPS) is 26.0. The number of thiophene rings is 1. The molecule has 2 bridgehead atoms. The Morgan fingerprint density at radius 3 is 2.64 bits per heavy atom. The summed E-state index contributed by atoms with van der Waals surface area (Å²) in [6.07, 6.45) is -2.46. The molecule has 6 heterocycles. The van der Waals surface area contributed by atoms with E-state index in [1.54, 1.807) is 0 Å². The van der Waals surface area contributed by atoms with Crippen LogP contribution >= 0.6 is 11.3 Å². The number of anilines is 2. The molecule has 0 saturated carbocycles. The highest BCUT2D eigenvalue weighted by atomic mass is 32.1. The first-order chi connectivity index (χ1) is 22.5. The van der Waals surface area contributed by atoms with E-state index in [0.29, 0.717) is 37.4 Å². The summed E-state index contributed by atoms with van der Waals surface area (Å²) in [6.45, 7) is 1.93. The number of fused-ring (bicyclic) bond motifs is 5. The fraction of sp³-hybridized carbons (Fsp3) is 0.469. The number of hydrogen-bond acceptors (Lipinski definition) is 9. The van der Waals surface area contributed by atoms with Crippen molar-refractivity contribution < 1.29 is 31.1 Å².